The van der Waals surface area contributed by atoms with Crippen LogP contribution in [0.5, 0.6) is 0 Å². The fourth-order valence-electron chi connectivity index (χ4n) is 5.66. The molecule has 0 saturated carbocycles. The summed E-state index contributed by atoms with van der Waals surface area (Å²) >= 11 is 0. The molecule has 1 fully saturated rings. The molecule has 2 atom stereocenters. The van der Waals surface area contributed by atoms with Gasteiger partial charge in [-0.05, 0) is 49.2 Å². The molecule has 2 heterocycles. The number of anilines is 3. The van der Waals surface area contributed by atoms with Crippen molar-refractivity contribution in [1.29, 1.82) is 0 Å². The van der Waals surface area contributed by atoms with E-state index in [-0.39, 0.29) is 23.9 Å². The molecule has 1 saturated heterocycles. The number of hydrogen-bond acceptors (Lipinski definition) is 4. The highest BCUT2D eigenvalue weighted by Crippen LogP contribution is 2.42. The number of hydrogen-bond donors (Lipinski definition) is 0. The Morgan fingerprint density at radius 2 is 1.44 bits per heavy atom. The van der Waals surface area contributed by atoms with Crippen LogP contribution < -0.4 is 14.7 Å². The van der Waals surface area contributed by atoms with Gasteiger partial charge in [-0.2, -0.15) is 0 Å². The lowest BCUT2D eigenvalue weighted by Gasteiger charge is -2.44. The lowest BCUT2D eigenvalue weighted by Crippen LogP contribution is -2.52. The highest BCUT2D eigenvalue weighted by Gasteiger charge is 2.38. The van der Waals surface area contributed by atoms with Crippen LogP contribution in [0.2, 0.25) is 0 Å². The largest absolute Gasteiger partial charge is 0.369 e. The third kappa shape index (κ3) is 4.86. The number of piperazine rings is 1. The molecule has 36 heavy (non-hydrogen) atoms. The fraction of sp³-hybridized carbons (Fsp3) is 0.333. The number of nitrogens with zero attached hydrogens (tertiary/aromatic N) is 4. The number of amides is 2. The molecule has 3 aromatic carbocycles. The van der Waals surface area contributed by atoms with E-state index in [4.69, 9.17) is 0 Å². The fourth-order valence-corrected chi connectivity index (χ4v) is 5.66. The molecule has 6 heteroatoms. The second-order valence-corrected chi connectivity index (χ2v) is 9.75. The van der Waals surface area contributed by atoms with Crippen LogP contribution in [0, 0.1) is 0 Å². The van der Waals surface area contributed by atoms with E-state index in [1.807, 2.05) is 64.4 Å². The predicted molar refractivity (Wildman–Crippen MR) is 145 cm³/mol. The third-order valence-electron chi connectivity index (χ3n) is 7.37. The van der Waals surface area contributed by atoms with Crippen LogP contribution in [0.15, 0.2) is 84.9 Å². The minimum Gasteiger partial charge on any atom is -0.369 e. The molecule has 2 aliphatic rings. The standard InChI is InChI=1S/C30H34N4O2/c1-23-21-29(27-15-9-10-16-28(27)33(23)24(2)35)34(26-13-7-4-8-14-26)30(36)22-31-17-19-32(20-18-31)25-11-5-3-6-12-25/h3-16,23,29H,17-22H2,1-2H3/t23-,29+/m1/s1. The Balaban J connectivity index is 1.39. The second-order valence-electron chi connectivity index (χ2n) is 9.75. The van der Waals surface area contributed by atoms with Gasteiger partial charge in [-0.3, -0.25) is 14.5 Å². The Morgan fingerprint density at radius 1 is 0.833 bits per heavy atom. The summed E-state index contributed by atoms with van der Waals surface area (Å²) in [4.78, 5) is 34.9. The van der Waals surface area contributed by atoms with Crippen LogP contribution in [-0.2, 0) is 9.59 Å². The van der Waals surface area contributed by atoms with Crippen molar-refractivity contribution >= 4 is 28.9 Å². The minimum atomic E-state index is -0.132. The lowest BCUT2D eigenvalue weighted by atomic mass is 9.90. The molecule has 2 aliphatic heterocycles. The van der Waals surface area contributed by atoms with Crippen molar-refractivity contribution in [3.63, 3.8) is 0 Å². The Bertz CT molecular complexity index is 1190. The molecule has 5 rings (SSSR count). The van der Waals surface area contributed by atoms with Gasteiger partial charge in [-0.1, -0.05) is 54.6 Å². The van der Waals surface area contributed by atoms with E-state index in [9.17, 15) is 9.59 Å². The number of carbonyl (C=O) groups is 2. The maximum absolute atomic E-state index is 14.0. The molecule has 6 nitrogen and oxygen atoms in total. The van der Waals surface area contributed by atoms with Crippen LogP contribution in [-0.4, -0.2) is 55.5 Å². The predicted octanol–water partition coefficient (Wildman–Crippen LogP) is 4.73. The SMILES string of the molecule is CC(=O)N1c2ccccc2[C@@H](N(C(=O)CN2CCN(c3ccccc3)CC2)c2ccccc2)C[C@H]1C. The maximum Gasteiger partial charge on any atom is 0.241 e. The van der Waals surface area contributed by atoms with Crippen LogP contribution in [0.4, 0.5) is 17.1 Å². The molecule has 186 valence electrons. The second kappa shape index (κ2) is 10.5. The van der Waals surface area contributed by atoms with E-state index in [1.165, 1.54) is 5.69 Å². The molecule has 0 unspecified atom stereocenters. The van der Waals surface area contributed by atoms with Gasteiger partial charge >= 0.3 is 0 Å². The van der Waals surface area contributed by atoms with E-state index in [1.54, 1.807) is 6.92 Å². The van der Waals surface area contributed by atoms with Gasteiger partial charge < -0.3 is 14.7 Å². The van der Waals surface area contributed by atoms with Crippen molar-refractivity contribution in [2.24, 2.45) is 0 Å². The zero-order valence-corrected chi connectivity index (χ0v) is 21.1. The summed E-state index contributed by atoms with van der Waals surface area (Å²) in [6.45, 7) is 7.56. The van der Waals surface area contributed by atoms with Gasteiger partial charge in [0, 0.05) is 56.2 Å². The number of carbonyl (C=O) groups excluding carboxylic acids is 2. The smallest absolute Gasteiger partial charge is 0.241 e. The number of rotatable bonds is 5. The Hall–Kier alpha value is -3.64. The third-order valence-corrected chi connectivity index (χ3v) is 7.37. The first-order valence-corrected chi connectivity index (χ1v) is 12.8. The summed E-state index contributed by atoms with van der Waals surface area (Å²) in [5, 5.41) is 0. The van der Waals surface area contributed by atoms with Crippen molar-refractivity contribution in [3.8, 4) is 0 Å². The van der Waals surface area contributed by atoms with Crippen LogP contribution in [0.1, 0.15) is 31.9 Å². The van der Waals surface area contributed by atoms with Gasteiger partial charge in [0.15, 0.2) is 0 Å². The van der Waals surface area contributed by atoms with E-state index < -0.39 is 0 Å². The number of fused-ring (bicyclic) bond motifs is 1. The number of benzene rings is 3. The van der Waals surface area contributed by atoms with Crippen molar-refractivity contribution in [2.45, 2.75) is 32.4 Å². The first-order valence-electron chi connectivity index (χ1n) is 12.8. The molecule has 0 aromatic heterocycles. The molecular weight excluding hydrogens is 448 g/mol. The molecule has 0 radical (unpaired) electrons. The number of para-hydroxylation sites is 3. The first kappa shape index (κ1) is 24.1. The van der Waals surface area contributed by atoms with Crippen LogP contribution in [0.25, 0.3) is 0 Å². The molecule has 2 amide bonds. The summed E-state index contributed by atoms with van der Waals surface area (Å²) < 4.78 is 0. The summed E-state index contributed by atoms with van der Waals surface area (Å²) in [7, 11) is 0. The summed E-state index contributed by atoms with van der Waals surface area (Å²) in [6, 6.07) is 28.3. The summed E-state index contributed by atoms with van der Waals surface area (Å²) in [5.41, 5.74) is 4.06. The highest BCUT2D eigenvalue weighted by molar-refractivity contribution is 5.98. The quantitative estimate of drug-likeness (QED) is 0.528. The summed E-state index contributed by atoms with van der Waals surface area (Å²) in [5.74, 6) is 0.125. The van der Waals surface area contributed by atoms with Gasteiger partial charge in [-0.25, -0.2) is 0 Å². The van der Waals surface area contributed by atoms with Crippen molar-refractivity contribution < 1.29 is 9.59 Å². The average Bonchev–Trinajstić information content (AvgIpc) is 2.90. The Labute approximate surface area is 213 Å². The molecule has 0 N–H and O–H groups in total. The van der Waals surface area contributed by atoms with Crippen molar-refractivity contribution in [1.82, 2.24) is 4.90 Å². The van der Waals surface area contributed by atoms with Gasteiger partial charge in [0.05, 0.1) is 12.6 Å². The van der Waals surface area contributed by atoms with Gasteiger partial charge in [0.2, 0.25) is 11.8 Å². The zero-order chi connectivity index (χ0) is 25.1. The molecule has 3 aromatic rings. The van der Waals surface area contributed by atoms with E-state index in [0.717, 1.165) is 43.1 Å². The topological polar surface area (TPSA) is 47.1 Å². The zero-order valence-electron chi connectivity index (χ0n) is 21.1. The molecule has 0 spiro atoms. The first-order chi connectivity index (χ1) is 17.5. The minimum absolute atomic E-state index is 0.00386. The Kier molecular flexibility index (Phi) is 7.05. The van der Waals surface area contributed by atoms with Gasteiger partial charge in [0.25, 0.3) is 0 Å². The van der Waals surface area contributed by atoms with Crippen LogP contribution in [0.3, 0.4) is 0 Å². The summed E-state index contributed by atoms with van der Waals surface area (Å²) in [6.07, 6.45) is 0.693. The average molecular weight is 483 g/mol. The van der Waals surface area contributed by atoms with Gasteiger partial charge in [-0.15, -0.1) is 0 Å². The monoisotopic (exact) mass is 482 g/mol. The van der Waals surface area contributed by atoms with E-state index >= 15 is 0 Å². The lowest BCUT2D eigenvalue weighted by molar-refractivity contribution is -0.120. The van der Waals surface area contributed by atoms with Gasteiger partial charge in [0.1, 0.15) is 0 Å². The molecule has 0 bridgehead atoms. The highest BCUT2D eigenvalue weighted by atomic mass is 16.2. The van der Waals surface area contributed by atoms with E-state index in [2.05, 4.69) is 47.1 Å². The van der Waals surface area contributed by atoms with Crippen molar-refractivity contribution in [2.75, 3.05) is 47.4 Å². The van der Waals surface area contributed by atoms with Crippen molar-refractivity contribution in [3.05, 3.63) is 90.5 Å². The maximum atomic E-state index is 14.0. The molecule has 0 aliphatic carbocycles. The molecular formula is C30H34N4O2. The van der Waals surface area contributed by atoms with E-state index in [0.29, 0.717) is 13.0 Å². The Morgan fingerprint density at radius 3 is 2.11 bits per heavy atom. The van der Waals surface area contributed by atoms with Crippen LogP contribution >= 0.6 is 0 Å². The normalized spacial score (nSPS) is 20.1.